The van der Waals surface area contributed by atoms with E-state index in [4.69, 9.17) is 0 Å². The quantitative estimate of drug-likeness (QED) is 0.198. The molecule has 0 radical (unpaired) electrons. The second kappa shape index (κ2) is 11.1. The van der Waals surface area contributed by atoms with Crippen LogP contribution in [0.5, 0.6) is 0 Å². The largest absolute Gasteiger partial charge is 0.417 e. The van der Waals surface area contributed by atoms with Crippen molar-refractivity contribution in [3.63, 3.8) is 0 Å². The molecule has 3 heterocycles. The molecule has 0 saturated carbocycles. The highest BCUT2D eigenvalue weighted by atomic mass is 32.1. The number of halogens is 5. The molecule has 12 heteroatoms. The van der Waals surface area contributed by atoms with Gasteiger partial charge in [0.1, 0.15) is 23.1 Å². The number of alkyl halides is 3. The lowest BCUT2D eigenvalue weighted by Crippen LogP contribution is -2.10. The Balaban J connectivity index is 1.60. The van der Waals surface area contributed by atoms with Gasteiger partial charge in [-0.15, -0.1) is 11.3 Å². The average Bonchev–Trinajstić information content (AvgIpc) is 3.27. The summed E-state index contributed by atoms with van der Waals surface area (Å²) >= 11 is 1.51. The number of thiazole rings is 1. The van der Waals surface area contributed by atoms with Crippen LogP contribution in [0.1, 0.15) is 45.2 Å². The zero-order chi connectivity index (χ0) is 26.6. The maximum atomic E-state index is 14.1. The van der Waals surface area contributed by atoms with Crippen molar-refractivity contribution >= 4 is 22.9 Å². The number of Topliss-reactive ketones (excluding diaryl/α,β-unsaturated/α-hetero) is 1. The van der Waals surface area contributed by atoms with Gasteiger partial charge in [0.2, 0.25) is 0 Å². The second-order valence-electron chi connectivity index (χ2n) is 8.15. The first kappa shape index (κ1) is 26.3. The summed E-state index contributed by atoms with van der Waals surface area (Å²) in [5, 5.41) is 5.68. The molecule has 6 nitrogen and oxygen atoms in total. The van der Waals surface area contributed by atoms with E-state index >= 15 is 0 Å². The van der Waals surface area contributed by atoms with E-state index in [9.17, 15) is 26.7 Å². The molecule has 4 aromatic rings. The predicted octanol–water partition coefficient (Wildman–Crippen LogP) is 6.42. The number of nitrogens with zero attached hydrogens (tertiary/aromatic N) is 4. The van der Waals surface area contributed by atoms with Gasteiger partial charge in [-0.1, -0.05) is 6.07 Å². The number of aryl methyl sites for hydroxylation is 2. The lowest BCUT2D eigenvalue weighted by Gasteiger charge is -2.12. The number of rotatable bonds is 9. The molecule has 3 aromatic heterocycles. The molecule has 0 saturated heterocycles. The minimum Gasteiger partial charge on any atom is -0.366 e. The highest BCUT2D eigenvalue weighted by Gasteiger charge is 2.31. The summed E-state index contributed by atoms with van der Waals surface area (Å²) < 4.78 is 66.9. The summed E-state index contributed by atoms with van der Waals surface area (Å²) in [5.74, 6) is -1.92. The maximum absolute atomic E-state index is 14.1. The zero-order valence-electron chi connectivity index (χ0n) is 19.4. The molecule has 0 bridgehead atoms. The third kappa shape index (κ3) is 6.91. The number of anilines is 1. The minimum atomic E-state index is -4.63. The van der Waals surface area contributed by atoms with E-state index in [-0.39, 0.29) is 47.2 Å². The van der Waals surface area contributed by atoms with Gasteiger partial charge in [-0.25, -0.2) is 23.7 Å². The summed E-state index contributed by atoms with van der Waals surface area (Å²) in [6, 6.07) is 5.27. The zero-order valence-corrected chi connectivity index (χ0v) is 20.3. The van der Waals surface area contributed by atoms with E-state index in [0.29, 0.717) is 19.0 Å². The molecular formula is C25H20F5N5OS. The van der Waals surface area contributed by atoms with E-state index in [2.05, 4.69) is 25.3 Å². The molecule has 0 aliphatic heterocycles. The fraction of sp³-hybridized carbons (Fsp3) is 0.240. The lowest BCUT2D eigenvalue weighted by molar-refractivity contribution is -0.137. The summed E-state index contributed by atoms with van der Waals surface area (Å²) in [4.78, 5) is 29.3. The van der Waals surface area contributed by atoms with Crippen molar-refractivity contribution in [1.82, 2.24) is 19.9 Å². The number of aromatic nitrogens is 4. The van der Waals surface area contributed by atoms with Crippen molar-refractivity contribution in [2.24, 2.45) is 0 Å². The molecule has 1 aromatic carbocycles. The predicted molar refractivity (Wildman–Crippen MR) is 128 cm³/mol. The van der Waals surface area contributed by atoms with Crippen LogP contribution in [0.3, 0.4) is 0 Å². The molecule has 0 fully saturated rings. The number of nitrogens with one attached hydrogen (secondary N) is 1. The van der Waals surface area contributed by atoms with Crippen molar-refractivity contribution < 1.29 is 26.7 Å². The van der Waals surface area contributed by atoms with Crippen LogP contribution in [0.4, 0.5) is 27.8 Å². The van der Waals surface area contributed by atoms with Crippen molar-refractivity contribution in [2.45, 2.75) is 38.9 Å². The van der Waals surface area contributed by atoms with Crippen LogP contribution in [-0.4, -0.2) is 25.7 Å². The first-order valence-corrected chi connectivity index (χ1v) is 12.0. The van der Waals surface area contributed by atoms with Crippen LogP contribution < -0.4 is 5.32 Å². The van der Waals surface area contributed by atoms with Gasteiger partial charge in [-0.3, -0.25) is 9.78 Å². The van der Waals surface area contributed by atoms with Crippen LogP contribution >= 0.6 is 11.3 Å². The summed E-state index contributed by atoms with van der Waals surface area (Å²) in [6.45, 7) is 1.77. The van der Waals surface area contributed by atoms with Crippen molar-refractivity contribution in [3.8, 4) is 11.4 Å². The number of benzene rings is 1. The number of hydrogen-bond acceptors (Lipinski definition) is 7. The minimum absolute atomic E-state index is 0.0149. The molecule has 0 atom stereocenters. The van der Waals surface area contributed by atoms with Crippen molar-refractivity contribution in [2.75, 3.05) is 5.32 Å². The van der Waals surface area contributed by atoms with Crippen LogP contribution in [-0.2, 0) is 19.1 Å². The fourth-order valence-corrected chi connectivity index (χ4v) is 4.11. The molecule has 0 aliphatic rings. The van der Waals surface area contributed by atoms with Gasteiger partial charge in [0, 0.05) is 54.0 Å². The highest BCUT2D eigenvalue weighted by Crippen LogP contribution is 2.31. The second-order valence-corrected chi connectivity index (χ2v) is 9.21. The van der Waals surface area contributed by atoms with Gasteiger partial charge in [0.25, 0.3) is 0 Å². The number of carbonyl (C=O) groups excluding carboxylic acids is 1. The SMILES string of the molecule is Cc1nc(CCCC(=O)c2cc(NCc3ccc(F)cc3F)nc(-c3cncc(C(F)(F)F)c3)n2)cs1. The maximum Gasteiger partial charge on any atom is 0.417 e. The summed E-state index contributed by atoms with van der Waals surface area (Å²) in [5.41, 5.74) is -0.0460. The van der Waals surface area contributed by atoms with E-state index in [1.54, 1.807) is 0 Å². The van der Waals surface area contributed by atoms with Gasteiger partial charge < -0.3 is 5.32 Å². The van der Waals surface area contributed by atoms with E-state index in [0.717, 1.165) is 35.1 Å². The van der Waals surface area contributed by atoms with Crippen LogP contribution in [0.2, 0.25) is 0 Å². The molecule has 0 amide bonds. The molecule has 0 aliphatic carbocycles. The Morgan fingerprint density at radius 1 is 1.05 bits per heavy atom. The molecule has 4 rings (SSSR count). The molecule has 192 valence electrons. The van der Waals surface area contributed by atoms with Crippen molar-refractivity contribution in [1.29, 1.82) is 0 Å². The Morgan fingerprint density at radius 3 is 2.57 bits per heavy atom. The number of ketones is 1. The molecule has 0 spiro atoms. The first-order chi connectivity index (χ1) is 17.6. The van der Waals surface area contributed by atoms with E-state index in [1.165, 1.54) is 23.5 Å². The Hall–Kier alpha value is -3.80. The smallest absolute Gasteiger partial charge is 0.366 e. The van der Waals surface area contributed by atoms with Gasteiger partial charge in [0.05, 0.1) is 16.3 Å². The highest BCUT2D eigenvalue weighted by molar-refractivity contribution is 7.09. The third-order valence-corrected chi connectivity index (χ3v) is 6.14. The fourth-order valence-electron chi connectivity index (χ4n) is 3.46. The Morgan fingerprint density at radius 2 is 1.86 bits per heavy atom. The van der Waals surface area contributed by atoms with Gasteiger partial charge >= 0.3 is 6.18 Å². The standard InChI is InChI=1S/C25H20F5N5OS/c1-14-33-19(13-37-14)3-2-4-22(36)21-9-23(32-11-15-5-6-18(26)8-20(15)27)35-24(34-21)16-7-17(12-31-10-16)25(28,29)30/h5-10,12-13H,2-4,11H2,1H3,(H,32,34,35). The Kier molecular flexibility index (Phi) is 7.86. The van der Waals surface area contributed by atoms with Gasteiger partial charge in [-0.2, -0.15) is 13.2 Å². The molecule has 0 unspecified atom stereocenters. The Bertz CT molecular complexity index is 1420. The van der Waals surface area contributed by atoms with E-state index in [1.807, 2.05) is 12.3 Å². The van der Waals surface area contributed by atoms with Gasteiger partial charge in [-0.05, 0) is 31.9 Å². The van der Waals surface area contributed by atoms with Crippen LogP contribution in [0.25, 0.3) is 11.4 Å². The number of carbonyl (C=O) groups is 1. The first-order valence-electron chi connectivity index (χ1n) is 11.1. The van der Waals surface area contributed by atoms with Crippen LogP contribution in [0, 0.1) is 18.6 Å². The lowest BCUT2D eigenvalue weighted by atomic mass is 10.1. The number of pyridine rings is 1. The molecular weight excluding hydrogens is 513 g/mol. The molecule has 1 N–H and O–H groups in total. The average molecular weight is 534 g/mol. The van der Waals surface area contributed by atoms with Crippen molar-refractivity contribution in [3.05, 3.63) is 87.3 Å². The summed E-state index contributed by atoms with van der Waals surface area (Å²) in [7, 11) is 0. The third-order valence-electron chi connectivity index (χ3n) is 5.31. The normalized spacial score (nSPS) is 11.5. The summed E-state index contributed by atoms with van der Waals surface area (Å²) in [6.07, 6.45) is -1.59. The van der Waals surface area contributed by atoms with Gasteiger partial charge in [0.15, 0.2) is 11.6 Å². The topological polar surface area (TPSA) is 80.7 Å². The number of hydrogen-bond donors (Lipinski definition) is 1. The monoisotopic (exact) mass is 533 g/mol. The van der Waals surface area contributed by atoms with E-state index < -0.39 is 23.4 Å². The van der Waals surface area contributed by atoms with Crippen LogP contribution in [0.15, 0.2) is 48.1 Å². The molecule has 37 heavy (non-hydrogen) atoms. The Labute approximate surface area is 212 Å².